The largest absolute Gasteiger partial charge is 0.368 e. The average molecular weight is 254 g/mol. The van der Waals surface area contributed by atoms with Gasteiger partial charge in [0.05, 0.1) is 0 Å². The third-order valence-electron chi connectivity index (χ3n) is 1.90. The second-order valence-electron chi connectivity index (χ2n) is 3.09. The average Bonchev–Trinajstić information content (AvgIpc) is 2.28. The molecule has 0 bridgehead atoms. The lowest BCUT2D eigenvalue weighted by Gasteiger charge is -2.06. The fourth-order valence-electron chi connectivity index (χ4n) is 1.10. The maximum absolute atomic E-state index is 9.08. The standard InChI is InChI=1S/C10H14N4S2/c1-3-4-5-16-9-7(6-11)8(15-2)13-10(12)14-9/h3-5H2,1-2H3,(H2,12,13,14). The first-order chi connectivity index (χ1) is 7.72. The van der Waals surface area contributed by atoms with Gasteiger partial charge in [0.15, 0.2) is 0 Å². The van der Waals surface area contributed by atoms with E-state index in [0.717, 1.165) is 18.6 Å². The third kappa shape index (κ3) is 3.29. The molecule has 0 aliphatic rings. The third-order valence-corrected chi connectivity index (χ3v) is 3.65. The molecule has 0 aromatic carbocycles. The number of nitrogens with zero attached hydrogens (tertiary/aromatic N) is 3. The first kappa shape index (κ1) is 13.1. The molecular formula is C10H14N4S2. The van der Waals surface area contributed by atoms with Gasteiger partial charge in [0.1, 0.15) is 21.7 Å². The summed E-state index contributed by atoms with van der Waals surface area (Å²) in [5.41, 5.74) is 6.15. The van der Waals surface area contributed by atoms with Crippen LogP contribution in [0.25, 0.3) is 0 Å². The molecule has 0 saturated carbocycles. The molecule has 16 heavy (non-hydrogen) atoms. The van der Waals surface area contributed by atoms with Crippen molar-refractivity contribution < 1.29 is 0 Å². The maximum atomic E-state index is 9.08. The number of aromatic nitrogens is 2. The number of hydrogen-bond acceptors (Lipinski definition) is 6. The Balaban J connectivity index is 2.97. The SMILES string of the molecule is CCCCSc1nc(N)nc(SC)c1C#N. The van der Waals surface area contributed by atoms with Crippen LogP contribution in [0.3, 0.4) is 0 Å². The van der Waals surface area contributed by atoms with Gasteiger partial charge in [-0.3, -0.25) is 0 Å². The lowest BCUT2D eigenvalue weighted by Crippen LogP contribution is -2.01. The molecule has 0 fully saturated rings. The fourth-order valence-corrected chi connectivity index (χ4v) is 2.76. The summed E-state index contributed by atoms with van der Waals surface area (Å²) >= 11 is 2.99. The smallest absolute Gasteiger partial charge is 0.222 e. The van der Waals surface area contributed by atoms with E-state index in [2.05, 4.69) is 23.0 Å². The van der Waals surface area contributed by atoms with Crippen LogP contribution in [0.2, 0.25) is 0 Å². The van der Waals surface area contributed by atoms with Crippen molar-refractivity contribution in [3.8, 4) is 6.07 Å². The number of rotatable bonds is 5. The van der Waals surface area contributed by atoms with Crippen molar-refractivity contribution in [1.29, 1.82) is 5.26 Å². The van der Waals surface area contributed by atoms with E-state index >= 15 is 0 Å². The highest BCUT2D eigenvalue weighted by Gasteiger charge is 2.12. The molecule has 0 amide bonds. The first-order valence-electron chi connectivity index (χ1n) is 4.97. The Morgan fingerprint density at radius 1 is 1.38 bits per heavy atom. The van der Waals surface area contributed by atoms with Gasteiger partial charge < -0.3 is 5.73 Å². The number of unbranched alkanes of at least 4 members (excludes halogenated alkanes) is 1. The lowest BCUT2D eigenvalue weighted by molar-refractivity contribution is 0.891. The molecule has 1 aromatic heterocycles. The Kier molecular flexibility index (Phi) is 5.43. The zero-order valence-electron chi connectivity index (χ0n) is 9.36. The summed E-state index contributed by atoms with van der Waals surface area (Å²) in [5.74, 6) is 1.19. The monoisotopic (exact) mass is 254 g/mol. The Morgan fingerprint density at radius 3 is 2.62 bits per heavy atom. The van der Waals surface area contributed by atoms with Gasteiger partial charge in [-0.1, -0.05) is 13.3 Å². The van der Waals surface area contributed by atoms with Crippen molar-refractivity contribution in [3.63, 3.8) is 0 Å². The second-order valence-corrected chi connectivity index (χ2v) is 4.96. The van der Waals surface area contributed by atoms with Gasteiger partial charge >= 0.3 is 0 Å². The molecule has 0 aliphatic heterocycles. The van der Waals surface area contributed by atoms with Crippen LogP contribution in [-0.4, -0.2) is 22.0 Å². The van der Waals surface area contributed by atoms with Crippen LogP contribution in [0.15, 0.2) is 10.1 Å². The first-order valence-corrected chi connectivity index (χ1v) is 7.18. The number of thioether (sulfide) groups is 2. The summed E-state index contributed by atoms with van der Waals surface area (Å²) in [7, 11) is 0. The minimum absolute atomic E-state index is 0.238. The molecule has 86 valence electrons. The van der Waals surface area contributed by atoms with Crippen LogP contribution in [0.4, 0.5) is 5.95 Å². The van der Waals surface area contributed by atoms with Crippen molar-refractivity contribution in [1.82, 2.24) is 9.97 Å². The maximum Gasteiger partial charge on any atom is 0.222 e. The van der Waals surface area contributed by atoms with Gasteiger partial charge in [-0.2, -0.15) is 5.26 Å². The van der Waals surface area contributed by atoms with Gasteiger partial charge in [-0.15, -0.1) is 23.5 Å². The molecule has 2 N–H and O–H groups in total. The van der Waals surface area contributed by atoms with Crippen molar-refractivity contribution in [2.45, 2.75) is 29.8 Å². The Hall–Kier alpha value is -0.930. The molecule has 0 atom stereocenters. The number of nitrogens with two attached hydrogens (primary N) is 1. The van der Waals surface area contributed by atoms with Gasteiger partial charge in [0.25, 0.3) is 0 Å². The molecule has 1 rings (SSSR count). The van der Waals surface area contributed by atoms with E-state index in [1.165, 1.54) is 11.8 Å². The molecule has 0 spiro atoms. The topological polar surface area (TPSA) is 75.6 Å². The summed E-state index contributed by atoms with van der Waals surface area (Å²) in [6, 6.07) is 2.15. The van der Waals surface area contributed by atoms with Crippen LogP contribution in [0, 0.1) is 11.3 Å². The number of anilines is 1. The molecule has 0 saturated heterocycles. The highest BCUT2D eigenvalue weighted by Crippen LogP contribution is 2.28. The van der Waals surface area contributed by atoms with E-state index in [1.54, 1.807) is 11.8 Å². The van der Waals surface area contributed by atoms with Crippen LogP contribution < -0.4 is 5.73 Å². The van der Waals surface area contributed by atoms with Crippen molar-refractivity contribution >= 4 is 29.5 Å². The predicted octanol–water partition coefficient (Wildman–Crippen LogP) is 2.54. The summed E-state index contributed by atoms with van der Waals surface area (Å²) in [4.78, 5) is 8.16. The van der Waals surface area contributed by atoms with E-state index in [4.69, 9.17) is 11.0 Å². The molecule has 0 radical (unpaired) electrons. The molecular weight excluding hydrogens is 240 g/mol. The molecule has 6 heteroatoms. The minimum atomic E-state index is 0.238. The van der Waals surface area contributed by atoms with E-state index < -0.39 is 0 Å². The van der Waals surface area contributed by atoms with E-state index in [0.29, 0.717) is 15.6 Å². The minimum Gasteiger partial charge on any atom is -0.368 e. The second kappa shape index (κ2) is 6.61. The zero-order chi connectivity index (χ0) is 12.0. The highest BCUT2D eigenvalue weighted by molar-refractivity contribution is 7.99. The van der Waals surface area contributed by atoms with Gasteiger partial charge in [-0.05, 0) is 18.4 Å². The number of hydrogen-bond donors (Lipinski definition) is 1. The zero-order valence-corrected chi connectivity index (χ0v) is 11.0. The van der Waals surface area contributed by atoms with Crippen LogP contribution in [0.5, 0.6) is 0 Å². The molecule has 1 heterocycles. The van der Waals surface area contributed by atoms with Gasteiger partial charge in [-0.25, -0.2) is 9.97 Å². The quantitative estimate of drug-likeness (QED) is 0.494. The van der Waals surface area contributed by atoms with E-state index in [-0.39, 0.29) is 5.95 Å². The highest BCUT2D eigenvalue weighted by atomic mass is 32.2. The van der Waals surface area contributed by atoms with Gasteiger partial charge in [0, 0.05) is 0 Å². The Bertz CT molecular complexity index is 401. The summed E-state index contributed by atoms with van der Waals surface area (Å²) < 4.78 is 0. The normalized spacial score (nSPS) is 10.1. The van der Waals surface area contributed by atoms with Gasteiger partial charge in [0.2, 0.25) is 5.95 Å². The molecule has 1 aromatic rings. The number of nitriles is 1. The summed E-state index contributed by atoms with van der Waals surface area (Å²) in [6.07, 6.45) is 4.11. The fraction of sp³-hybridized carbons (Fsp3) is 0.500. The van der Waals surface area contributed by atoms with E-state index in [1.807, 2.05) is 6.26 Å². The van der Waals surface area contributed by atoms with E-state index in [9.17, 15) is 0 Å². The summed E-state index contributed by atoms with van der Waals surface area (Å²) in [6.45, 7) is 2.13. The molecule has 4 nitrogen and oxygen atoms in total. The van der Waals surface area contributed by atoms with Crippen LogP contribution in [0.1, 0.15) is 25.3 Å². The Morgan fingerprint density at radius 2 is 2.06 bits per heavy atom. The van der Waals surface area contributed by atoms with Crippen molar-refractivity contribution in [2.75, 3.05) is 17.7 Å². The predicted molar refractivity (Wildman–Crippen MR) is 68.6 cm³/mol. The number of nitrogen functional groups attached to an aromatic ring is 1. The Labute approximate surface area is 104 Å². The van der Waals surface area contributed by atoms with Crippen LogP contribution >= 0.6 is 23.5 Å². The van der Waals surface area contributed by atoms with Crippen LogP contribution in [-0.2, 0) is 0 Å². The van der Waals surface area contributed by atoms with Crippen molar-refractivity contribution in [3.05, 3.63) is 5.56 Å². The van der Waals surface area contributed by atoms with Crippen molar-refractivity contribution in [2.24, 2.45) is 0 Å². The lowest BCUT2D eigenvalue weighted by atomic mass is 10.4. The molecule has 0 aliphatic carbocycles. The molecule has 0 unspecified atom stereocenters. The summed E-state index contributed by atoms with van der Waals surface area (Å²) in [5, 5.41) is 10.4.